The second kappa shape index (κ2) is 8.61. The van der Waals surface area contributed by atoms with E-state index >= 15 is 0 Å². The van der Waals surface area contributed by atoms with Crippen LogP contribution in [0.4, 0.5) is 4.39 Å². The molecule has 156 valence electrons. The highest BCUT2D eigenvalue weighted by atomic mass is 32.2. The van der Waals surface area contributed by atoms with Crippen LogP contribution >= 0.6 is 0 Å². The van der Waals surface area contributed by atoms with E-state index in [9.17, 15) is 17.6 Å². The molecule has 2 aromatic rings. The molecule has 1 fully saturated rings. The van der Waals surface area contributed by atoms with Crippen molar-refractivity contribution in [2.45, 2.75) is 37.5 Å². The van der Waals surface area contributed by atoms with E-state index in [0.29, 0.717) is 5.56 Å². The van der Waals surface area contributed by atoms with E-state index in [0.717, 1.165) is 0 Å². The summed E-state index contributed by atoms with van der Waals surface area (Å²) in [7, 11) is -2.20. The quantitative estimate of drug-likeness (QED) is 0.746. The maximum atomic E-state index is 13.9. The molecule has 0 bridgehead atoms. The van der Waals surface area contributed by atoms with Gasteiger partial charge in [-0.3, -0.25) is 4.79 Å². The molecule has 0 aromatic heterocycles. The summed E-state index contributed by atoms with van der Waals surface area (Å²) in [6.07, 6.45) is -0.407. The summed E-state index contributed by atoms with van der Waals surface area (Å²) in [6, 6.07) is 12.2. The van der Waals surface area contributed by atoms with Gasteiger partial charge in [0, 0.05) is 37.8 Å². The van der Waals surface area contributed by atoms with Crippen LogP contribution in [0.1, 0.15) is 29.8 Å². The Morgan fingerprint density at radius 1 is 1.14 bits per heavy atom. The van der Waals surface area contributed by atoms with Crippen molar-refractivity contribution in [1.29, 1.82) is 0 Å². The predicted molar refractivity (Wildman–Crippen MR) is 107 cm³/mol. The van der Waals surface area contributed by atoms with Crippen LogP contribution in [0.2, 0.25) is 0 Å². The highest BCUT2D eigenvalue weighted by Gasteiger charge is 2.32. The zero-order valence-electron chi connectivity index (χ0n) is 16.7. The summed E-state index contributed by atoms with van der Waals surface area (Å²) in [5, 5.41) is 0. The van der Waals surface area contributed by atoms with Crippen LogP contribution in [-0.2, 0) is 21.3 Å². The van der Waals surface area contributed by atoms with E-state index < -0.39 is 10.0 Å². The summed E-state index contributed by atoms with van der Waals surface area (Å²) in [4.78, 5) is 14.2. The van der Waals surface area contributed by atoms with Gasteiger partial charge in [0.25, 0.3) is 5.91 Å². The second-order valence-electron chi connectivity index (χ2n) is 7.36. The number of halogens is 1. The standard InChI is InChI=1S/C21H25FN2O4S/c1-15-12-24(13-16(2)28-15)29(26,27)19-9-6-8-17(11-19)21(25)23(3)14-18-7-4-5-10-20(18)22/h4-11,15-16H,12-14H2,1-3H3. The monoisotopic (exact) mass is 420 g/mol. The first-order valence-electron chi connectivity index (χ1n) is 9.43. The molecular formula is C21H25FN2O4S. The number of hydrogen-bond donors (Lipinski definition) is 0. The third kappa shape index (κ3) is 4.83. The van der Waals surface area contributed by atoms with Gasteiger partial charge in [0.2, 0.25) is 10.0 Å². The van der Waals surface area contributed by atoms with Gasteiger partial charge in [-0.2, -0.15) is 4.31 Å². The van der Waals surface area contributed by atoms with Crippen molar-refractivity contribution in [2.24, 2.45) is 0 Å². The number of rotatable bonds is 5. The number of carbonyl (C=O) groups excluding carboxylic acids is 1. The van der Waals surface area contributed by atoms with Crippen molar-refractivity contribution in [3.8, 4) is 0 Å². The largest absolute Gasteiger partial charge is 0.373 e. The average Bonchev–Trinajstić information content (AvgIpc) is 2.68. The first-order valence-corrected chi connectivity index (χ1v) is 10.9. The molecular weight excluding hydrogens is 395 g/mol. The van der Waals surface area contributed by atoms with Crippen molar-refractivity contribution < 1.29 is 22.3 Å². The molecule has 2 aromatic carbocycles. The number of ether oxygens (including phenoxy) is 1. The fraction of sp³-hybridized carbons (Fsp3) is 0.381. The summed E-state index contributed by atoms with van der Waals surface area (Å²) < 4.78 is 47.0. The lowest BCUT2D eigenvalue weighted by Gasteiger charge is -2.34. The van der Waals surface area contributed by atoms with Gasteiger partial charge in [-0.25, -0.2) is 12.8 Å². The molecule has 3 rings (SSSR count). The zero-order valence-corrected chi connectivity index (χ0v) is 17.5. The van der Waals surface area contributed by atoms with Gasteiger partial charge >= 0.3 is 0 Å². The van der Waals surface area contributed by atoms with Gasteiger partial charge in [0.1, 0.15) is 5.82 Å². The molecule has 0 spiro atoms. The van der Waals surface area contributed by atoms with Crippen LogP contribution in [0.15, 0.2) is 53.4 Å². The van der Waals surface area contributed by atoms with Crippen LogP contribution in [0, 0.1) is 5.82 Å². The van der Waals surface area contributed by atoms with E-state index in [4.69, 9.17) is 4.74 Å². The highest BCUT2D eigenvalue weighted by Crippen LogP contribution is 2.22. The second-order valence-corrected chi connectivity index (χ2v) is 9.30. The molecule has 1 amide bonds. The maximum Gasteiger partial charge on any atom is 0.253 e. The predicted octanol–water partition coefficient (Wildman–Crippen LogP) is 2.90. The maximum absolute atomic E-state index is 13.9. The SMILES string of the molecule is CC1CN(S(=O)(=O)c2cccc(C(=O)N(C)Cc3ccccc3F)c2)CC(C)O1. The molecule has 0 aliphatic carbocycles. The number of benzene rings is 2. The molecule has 29 heavy (non-hydrogen) atoms. The van der Waals surface area contributed by atoms with Gasteiger partial charge in [0.05, 0.1) is 17.1 Å². The molecule has 0 radical (unpaired) electrons. The molecule has 2 unspecified atom stereocenters. The molecule has 0 N–H and O–H groups in total. The summed E-state index contributed by atoms with van der Waals surface area (Å²) in [5.41, 5.74) is 0.627. The Bertz CT molecular complexity index is 986. The van der Waals surface area contributed by atoms with E-state index in [-0.39, 0.29) is 54.0 Å². The molecule has 8 heteroatoms. The van der Waals surface area contributed by atoms with Crippen molar-refractivity contribution >= 4 is 15.9 Å². The third-order valence-corrected chi connectivity index (χ3v) is 6.64. The minimum Gasteiger partial charge on any atom is -0.373 e. The molecule has 2 atom stereocenters. The fourth-order valence-electron chi connectivity index (χ4n) is 3.44. The molecule has 1 aliphatic heterocycles. The summed E-state index contributed by atoms with van der Waals surface area (Å²) in [6.45, 7) is 4.27. The van der Waals surface area contributed by atoms with E-state index in [1.54, 1.807) is 37.4 Å². The number of morpholine rings is 1. The Morgan fingerprint density at radius 3 is 2.45 bits per heavy atom. The molecule has 1 heterocycles. The Kier molecular flexibility index (Phi) is 6.36. The minimum atomic E-state index is -3.75. The molecule has 1 aliphatic rings. The van der Waals surface area contributed by atoms with Crippen LogP contribution in [-0.4, -0.2) is 55.9 Å². The first-order chi connectivity index (χ1) is 13.7. The normalized spacial score (nSPS) is 20.4. The van der Waals surface area contributed by atoms with Crippen molar-refractivity contribution in [3.63, 3.8) is 0 Å². The minimum absolute atomic E-state index is 0.0592. The zero-order chi connectivity index (χ0) is 21.2. The lowest BCUT2D eigenvalue weighted by Crippen LogP contribution is -2.48. The Balaban J connectivity index is 1.81. The van der Waals surface area contributed by atoms with Gasteiger partial charge in [0.15, 0.2) is 0 Å². The lowest BCUT2D eigenvalue weighted by molar-refractivity contribution is -0.0440. The summed E-state index contributed by atoms with van der Waals surface area (Å²) in [5.74, 6) is -0.770. The Hall–Kier alpha value is -2.29. The average molecular weight is 421 g/mol. The van der Waals surface area contributed by atoms with Gasteiger partial charge in [-0.1, -0.05) is 24.3 Å². The molecule has 1 saturated heterocycles. The van der Waals surface area contributed by atoms with Crippen molar-refractivity contribution in [1.82, 2.24) is 9.21 Å². The van der Waals surface area contributed by atoms with Gasteiger partial charge < -0.3 is 9.64 Å². The number of sulfonamides is 1. The third-order valence-electron chi connectivity index (χ3n) is 4.82. The lowest BCUT2D eigenvalue weighted by atomic mass is 10.1. The van der Waals surface area contributed by atoms with Crippen LogP contribution in [0.3, 0.4) is 0 Å². The van der Waals surface area contributed by atoms with Crippen LogP contribution in [0.25, 0.3) is 0 Å². The van der Waals surface area contributed by atoms with E-state index in [2.05, 4.69) is 0 Å². The number of amides is 1. The van der Waals surface area contributed by atoms with E-state index in [1.807, 2.05) is 13.8 Å². The van der Waals surface area contributed by atoms with Crippen molar-refractivity contribution in [3.05, 3.63) is 65.5 Å². The number of nitrogens with zero attached hydrogens (tertiary/aromatic N) is 2. The highest BCUT2D eigenvalue weighted by molar-refractivity contribution is 7.89. The Labute approximate surface area is 170 Å². The van der Waals surface area contributed by atoms with E-state index in [1.165, 1.54) is 27.4 Å². The van der Waals surface area contributed by atoms with Crippen molar-refractivity contribution in [2.75, 3.05) is 20.1 Å². The molecule has 6 nitrogen and oxygen atoms in total. The van der Waals surface area contributed by atoms with Gasteiger partial charge in [-0.15, -0.1) is 0 Å². The molecule has 0 saturated carbocycles. The van der Waals surface area contributed by atoms with Crippen LogP contribution in [0.5, 0.6) is 0 Å². The number of carbonyl (C=O) groups is 1. The summed E-state index contributed by atoms with van der Waals surface area (Å²) >= 11 is 0. The fourth-order valence-corrected chi connectivity index (χ4v) is 5.08. The Morgan fingerprint density at radius 2 is 1.79 bits per heavy atom. The van der Waals surface area contributed by atoms with Gasteiger partial charge in [-0.05, 0) is 38.1 Å². The van der Waals surface area contributed by atoms with Crippen LogP contribution < -0.4 is 0 Å². The number of hydrogen-bond acceptors (Lipinski definition) is 4. The first kappa shape index (κ1) is 21.4. The topological polar surface area (TPSA) is 66.9 Å². The smallest absolute Gasteiger partial charge is 0.253 e.